The summed E-state index contributed by atoms with van der Waals surface area (Å²) < 4.78 is 5.39. The molecule has 2 heterocycles. The molecule has 4 amide bonds. The van der Waals surface area contributed by atoms with E-state index in [-0.39, 0.29) is 38.0 Å². The van der Waals surface area contributed by atoms with Crippen LogP contribution in [0.25, 0.3) is 0 Å². The Morgan fingerprint density at radius 2 is 1.83 bits per heavy atom. The number of rotatable bonds is 5. The number of piperazine rings is 1. The van der Waals surface area contributed by atoms with Crippen LogP contribution in [0.2, 0.25) is 0 Å². The van der Waals surface area contributed by atoms with E-state index in [1.54, 1.807) is 34.6 Å². The fourth-order valence-electron chi connectivity index (χ4n) is 3.28. The number of carbonyl (C=O) groups is 4. The molecule has 11 nitrogen and oxygen atoms in total. The van der Waals surface area contributed by atoms with Crippen molar-refractivity contribution in [1.29, 1.82) is 0 Å². The molecule has 2 rings (SSSR count). The maximum Gasteiger partial charge on any atom is 0.410 e. The average molecular weight is 414 g/mol. The number of aliphatic hydroxyl groups excluding tert-OH is 1. The summed E-state index contributed by atoms with van der Waals surface area (Å²) in [6, 6.07) is 0. The Balaban J connectivity index is 2.23. The summed E-state index contributed by atoms with van der Waals surface area (Å²) in [5.41, 5.74) is 3.11. The van der Waals surface area contributed by atoms with Crippen molar-refractivity contribution in [2.45, 2.75) is 51.9 Å². The molecule has 11 heteroatoms. The molecule has 2 aliphatic rings. The molecule has 0 saturated carbocycles. The number of aliphatic hydroxyl groups is 1. The Labute approximate surface area is 169 Å². The fourth-order valence-corrected chi connectivity index (χ4v) is 3.28. The second kappa shape index (κ2) is 8.15. The Morgan fingerprint density at radius 3 is 2.28 bits per heavy atom. The van der Waals surface area contributed by atoms with Gasteiger partial charge in [-0.25, -0.2) is 9.86 Å². The molecule has 0 aromatic rings. The fraction of sp³-hybridized carbons (Fsp3) is 0.778. The van der Waals surface area contributed by atoms with Crippen LogP contribution in [0, 0.1) is 5.92 Å². The van der Waals surface area contributed by atoms with Gasteiger partial charge in [-0.15, -0.1) is 0 Å². The summed E-state index contributed by atoms with van der Waals surface area (Å²) in [5, 5.41) is 10.1. The first-order chi connectivity index (χ1) is 13.3. The summed E-state index contributed by atoms with van der Waals surface area (Å²) in [4.78, 5) is 57.5. The van der Waals surface area contributed by atoms with Gasteiger partial charge in [0.05, 0.1) is 19.7 Å². The molecule has 2 aliphatic heterocycles. The molecule has 0 aliphatic carbocycles. The van der Waals surface area contributed by atoms with E-state index in [0.29, 0.717) is 0 Å². The normalized spacial score (nSPS) is 23.3. The molecular formula is C18H30N4O7. The van der Waals surface area contributed by atoms with E-state index in [1.165, 1.54) is 9.80 Å². The van der Waals surface area contributed by atoms with E-state index in [0.717, 1.165) is 5.06 Å². The summed E-state index contributed by atoms with van der Waals surface area (Å²) in [6.07, 6.45) is -1.96. The molecule has 1 spiro atoms. The molecule has 0 radical (unpaired) electrons. The Morgan fingerprint density at radius 1 is 1.21 bits per heavy atom. The average Bonchev–Trinajstić information content (AvgIpc) is 2.62. The molecular weight excluding hydrogens is 384 g/mol. The number of carbonyl (C=O) groups excluding carboxylic acids is 4. The molecule has 2 unspecified atom stereocenters. The number of β-lactam (4-membered cyclic amide) rings is 1. The second-order valence-corrected chi connectivity index (χ2v) is 8.60. The summed E-state index contributed by atoms with van der Waals surface area (Å²) in [5.74, 6) is -2.08. The van der Waals surface area contributed by atoms with E-state index < -0.39 is 41.8 Å². The zero-order valence-electron chi connectivity index (χ0n) is 17.5. The number of hydrogen-bond acceptors (Lipinski definition) is 7. The van der Waals surface area contributed by atoms with Crippen LogP contribution in [0.4, 0.5) is 4.79 Å². The molecule has 0 aromatic carbocycles. The Kier molecular flexibility index (Phi) is 6.43. The van der Waals surface area contributed by atoms with Crippen molar-refractivity contribution < 1.29 is 33.9 Å². The van der Waals surface area contributed by atoms with Crippen LogP contribution >= 0.6 is 0 Å². The zero-order valence-corrected chi connectivity index (χ0v) is 17.5. The van der Waals surface area contributed by atoms with E-state index >= 15 is 0 Å². The van der Waals surface area contributed by atoms with Crippen LogP contribution < -0.4 is 5.73 Å². The maximum absolute atomic E-state index is 13.0. The van der Waals surface area contributed by atoms with E-state index in [1.807, 2.05) is 0 Å². The van der Waals surface area contributed by atoms with Crippen LogP contribution in [0.5, 0.6) is 0 Å². The maximum atomic E-state index is 13.0. The number of amides is 4. The molecule has 2 fully saturated rings. The molecule has 2 saturated heterocycles. The number of primary amides is 1. The van der Waals surface area contributed by atoms with Crippen LogP contribution in [0.15, 0.2) is 0 Å². The molecule has 0 bridgehead atoms. The van der Waals surface area contributed by atoms with Crippen molar-refractivity contribution in [3.05, 3.63) is 0 Å². The van der Waals surface area contributed by atoms with Crippen molar-refractivity contribution in [2.24, 2.45) is 11.7 Å². The van der Waals surface area contributed by atoms with Gasteiger partial charge in [-0.1, -0.05) is 13.8 Å². The first-order valence-electron chi connectivity index (χ1n) is 9.50. The quantitative estimate of drug-likeness (QED) is 0.554. The topological polar surface area (TPSA) is 143 Å². The molecule has 164 valence electrons. The zero-order chi connectivity index (χ0) is 22.1. The van der Waals surface area contributed by atoms with Gasteiger partial charge in [-0.3, -0.25) is 19.2 Å². The predicted octanol–water partition coefficient (Wildman–Crippen LogP) is -0.919. The highest BCUT2D eigenvalue weighted by atomic mass is 16.7. The van der Waals surface area contributed by atoms with E-state index in [9.17, 15) is 24.3 Å². The van der Waals surface area contributed by atoms with Gasteiger partial charge in [0.1, 0.15) is 5.60 Å². The SMILES string of the molecule is CC(C)C(=O)N1CCN(C(=O)OC(C)(C)C)CC12CN(OC(CO)C(N)=O)C2=O. The van der Waals surface area contributed by atoms with Gasteiger partial charge in [0.2, 0.25) is 5.91 Å². The van der Waals surface area contributed by atoms with Crippen molar-refractivity contribution in [3.8, 4) is 0 Å². The van der Waals surface area contributed by atoms with Gasteiger partial charge in [0.25, 0.3) is 11.8 Å². The molecule has 29 heavy (non-hydrogen) atoms. The third-order valence-corrected chi connectivity index (χ3v) is 4.74. The lowest BCUT2D eigenvalue weighted by atomic mass is 9.84. The monoisotopic (exact) mass is 414 g/mol. The lowest BCUT2D eigenvalue weighted by molar-refractivity contribution is -0.261. The van der Waals surface area contributed by atoms with Crippen LogP contribution in [0.3, 0.4) is 0 Å². The second-order valence-electron chi connectivity index (χ2n) is 8.60. The highest BCUT2D eigenvalue weighted by molar-refractivity contribution is 5.97. The highest BCUT2D eigenvalue weighted by Crippen LogP contribution is 2.35. The van der Waals surface area contributed by atoms with Crippen LogP contribution in [-0.2, 0) is 24.0 Å². The van der Waals surface area contributed by atoms with Gasteiger partial charge in [0.15, 0.2) is 11.6 Å². The summed E-state index contributed by atoms with van der Waals surface area (Å²) in [6.45, 7) is 8.24. The van der Waals surface area contributed by atoms with Gasteiger partial charge in [0, 0.05) is 19.0 Å². The van der Waals surface area contributed by atoms with Crippen molar-refractivity contribution in [2.75, 3.05) is 32.8 Å². The van der Waals surface area contributed by atoms with E-state index in [4.69, 9.17) is 15.3 Å². The first kappa shape index (κ1) is 22.9. The number of nitrogens with zero attached hydrogens (tertiary/aromatic N) is 3. The number of nitrogens with two attached hydrogens (primary N) is 1. The van der Waals surface area contributed by atoms with Crippen LogP contribution in [-0.4, -0.2) is 93.8 Å². The summed E-state index contributed by atoms with van der Waals surface area (Å²) in [7, 11) is 0. The lowest BCUT2D eigenvalue weighted by Gasteiger charge is -2.57. The third kappa shape index (κ3) is 4.61. The molecule has 0 aromatic heterocycles. The largest absolute Gasteiger partial charge is 0.444 e. The lowest BCUT2D eigenvalue weighted by Crippen LogP contribution is -2.81. The van der Waals surface area contributed by atoms with E-state index in [2.05, 4.69) is 0 Å². The summed E-state index contributed by atoms with van der Waals surface area (Å²) >= 11 is 0. The minimum Gasteiger partial charge on any atom is -0.444 e. The molecule has 2 atom stereocenters. The smallest absolute Gasteiger partial charge is 0.410 e. The van der Waals surface area contributed by atoms with Gasteiger partial charge in [-0.2, -0.15) is 0 Å². The Bertz CT molecular complexity index is 690. The highest BCUT2D eigenvalue weighted by Gasteiger charge is 2.62. The minimum absolute atomic E-state index is 0.0561. The predicted molar refractivity (Wildman–Crippen MR) is 100.0 cm³/mol. The minimum atomic E-state index is -1.38. The Hall–Kier alpha value is -2.40. The van der Waals surface area contributed by atoms with Crippen LogP contribution in [0.1, 0.15) is 34.6 Å². The third-order valence-electron chi connectivity index (χ3n) is 4.74. The van der Waals surface area contributed by atoms with Crippen molar-refractivity contribution in [1.82, 2.24) is 14.9 Å². The van der Waals surface area contributed by atoms with Gasteiger partial charge in [-0.05, 0) is 20.8 Å². The number of hydroxylamine groups is 2. The number of ether oxygens (including phenoxy) is 1. The first-order valence-corrected chi connectivity index (χ1v) is 9.50. The van der Waals surface area contributed by atoms with Gasteiger partial charge >= 0.3 is 6.09 Å². The van der Waals surface area contributed by atoms with Gasteiger partial charge < -0.3 is 25.4 Å². The van der Waals surface area contributed by atoms with Crippen molar-refractivity contribution >= 4 is 23.8 Å². The standard InChI is InChI=1S/C18H30N4O7/c1-11(2)14(25)21-7-6-20(16(27)28-17(3,4)5)9-18(21)10-22(15(18)26)29-12(8-23)13(19)24/h11-12,23H,6-10H2,1-5H3,(H2,19,24). The number of hydrogen-bond donors (Lipinski definition) is 2. The van der Waals surface area contributed by atoms with Crippen molar-refractivity contribution in [3.63, 3.8) is 0 Å². The molecule has 3 N–H and O–H groups in total.